The number of anilines is 1. The van der Waals surface area contributed by atoms with E-state index in [2.05, 4.69) is 20.0 Å². The summed E-state index contributed by atoms with van der Waals surface area (Å²) in [6, 6.07) is 8.35. The number of fused-ring (bicyclic) bond motifs is 1. The Hall–Kier alpha value is -2.30. The molecule has 3 atom stereocenters. The molecule has 1 aromatic carbocycles. The minimum Gasteiger partial charge on any atom is -0.431 e. The highest BCUT2D eigenvalue weighted by Crippen LogP contribution is 2.44. The third-order valence-corrected chi connectivity index (χ3v) is 7.31. The number of aliphatic hydroxyl groups excluding tert-OH is 1. The standard InChI is InChI=1S/C20H29N6O4PS/c1-4-32-20(27)15(3)25-31(28,30-16-8-6-5-7-9-16)13-29-14(2)10-26-12-24-17-18(21)22-11-23-19(17)26/h5-9,11-12,14-15,27,32H,4,10,13H2,1-3H3,(H,25,28)(H2,21,22,23)/t14-,15+,31?/m1/s1. The number of nitrogens with zero attached hydrogens (tertiary/aromatic N) is 4. The van der Waals surface area contributed by atoms with Gasteiger partial charge in [-0.1, -0.05) is 25.1 Å². The number of hydrogen-bond donors (Lipinski definition) is 4. The molecule has 32 heavy (non-hydrogen) atoms. The molecule has 0 aliphatic heterocycles. The number of thiol groups is 1. The van der Waals surface area contributed by atoms with Crippen molar-refractivity contribution in [3.05, 3.63) is 43.0 Å². The molecule has 0 saturated carbocycles. The van der Waals surface area contributed by atoms with Crippen LogP contribution in [0.5, 0.6) is 5.75 Å². The van der Waals surface area contributed by atoms with Crippen molar-refractivity contribution in [1.82, 2.24) is 24.6 Å². The van der Waals surface area contributed by atoms with Crippen molar-refractivity contribution < 1.29 is 18.9 Å². The number of nitrogen functional groups attached to an aromatic ring is 1. The van der Waals surface area contributed by atoms with Crippen LogP contribution in [0.2, 0.25) is 0 Å². The van der Waals surface area contributed by atoms with Crippen LogP contribution < -0.4 is 15.3 Å². The van der Waals surface area contributed by atoms with E-state index in [9.17, 15) is 9.67 Å². The van der Waals surface area contributed by atoms with Gasteiger partial charge in [0.15, 0.2) is 11.5 Å². The maximum absolute atomic E-state index is 13.6. The Morgan fingerprint density at radius 3 is 2.75 bits per heavy atom. The smallest absolute Gasteiger partial charge is 0.342 e. The monoisotopic (exact) mass is 480 g/mol. The summed E-state index contributed by atoms with van der Waals surface area (Å²) in [5.41, 5.74) is 6.96. The van der Waals surface area contributed by atoms with Crippen LogP contribution in [-0.2, 0) is 15.8 Å². The highest BCUT2D eigenvalue weighted by Gasteiger charge is 2.29. The first-order valence-corrected chi connectivity index (χ1v) is 13.1. The van der Waals surface area contributed by atoms with E-state index in [0.717, 1.165) is 17.1 Å². The van der Waals surface area contributed by atoms with Crippen LogP contribution in [0.4, 0.5) is 5.82 Å². The van der Waals surface area contributed by atoms with Gasteiger partial charge in [-0.25, -0.2) is 20.0 Å². The second-order valence-corrected chi connectivity index (χ2v) is 10.6. The Morgan fingerprint density at radius 1 is 1.28 bits per heavy atom. The molecule has 2 heterocycles. The highest BCUT2D eigenvalue weighted by atomic mass is 32.1. The molecule has 0 aliphatic rings. The molecule has 3 rings (SSSR count). The molecule has 1 unspecified atom stereocenters. The van der Waals surface area contributed by atoms with Gasteiger partial charge >= 0.3 is 7.52 Å². The Labute approximate surface area is 190 Å². The molecule has 0 radical (unpaired) electrons. The van der Waals surface area contributed by atoms with Gasteiger partial charge in [0.2, 0.25) is 0 Å². The number of nitrogens with two attached hydrogens (primary N) is 1. The van der Waals surface area contributed by atoms with Gasteiger partial charge in [-0.3, -0.25) is 4.57 Å². The molecule has 0 fully saturated rings. The van der Waals surface area contributed by atoms with Crippen LogP contribution in [-0.4, -0.2) is 53.9 Å². The number of imidazole rings is 1. The van der Waals surface area contributed by atoms with Crippen molar-refractivity contribution in [3.63, 3.8) is 0 Å². The van der Waals surface area contributed by atoms with E-state index >= 15 is 0 Å². The lowest BCUT2D eigenvalue weighted by atomic mass is 10.3. The maximum atomic E-state index is 13.6. The van der Waals surface area contributed by atoms with Crippen molar-refractivity contribution >= 4 is 40.9 Å². The molecule has 0 aliphatic carbocycles. The van der Waals surface area contributed by atoms with E-state index in [0.29, 0.717) is 29.3 Å². The number of ether oxygens (including phenoxy) is 1. The average Bonchev–Trinajstić information content (AvgIpc) is 3.17. The lowest BCUT2D eigenvalue weighted by molar-refractivity contribution is 0.0821. The summed E-state index contributed by atoms with van der Waals surface area (Å²) in [6.45, 7) is 5.96. The summed E-state index contributed by atoms with van der Waals surface area (Å²) in [4.78, 5) is 12.4. The molecule has 10 nitrogen and oxygen atoms in total. The first kappa shape index (κ1) is 24.3. The van der Waals surface area contributed by atoms with Gasteiger partial charge in [0, 0.05) is 0 Å². The van der Waals surface area contributed by atoms with Gasteiger partial charge in [0.25, 0.3) is 0 Å². The molecule has 12 heteroatoms. The number of nitrogens with one attached hydrogen (secondary N) is 1. The molecule has 0 saturated heterocycles. The zero-order chi connectivity index (χ0) is 23.1. The molecule has 0 bridgehead atoms. The number of hydrogen-bond acceptors (Lipinski definition) is 7. The Bertz CT molecular complexity index is 1110. The average molecular weight is 481 g/mol. The molecular weight excluding hydrogens is 451 g/mol. The summed E-state index contributed by atoms with van der Waals surface area (Å²) < 4.78 is 27.1. The van der Waals surface area contributed by atoms with Crippen LogP contribution in [0.25, 0.3) is 11.2 Å². The molecule has 0 amide bonds. The van der Waals surface area contributed by atoms with Crippen molar-refractivity contribution in [3.8, 4) is 5.75 Å². The van der Waals surface area contributed by atoms with Crippen molar-refractivity contribution in [2.45, 2.75) is 39.5 Å². The van der Waals surface area contributed by atoms with Gasteiger partial charge in [0.1, 0.15) is 23.9 Å². The summed E-state index contributed by atoms with van der Waals surface area (Å²) in [5.74, 6) is 1.51. The maximum Gasteiger partial charge on any atom is 0.342 e. The first-order chi connectivity index (χ1) is 15.3. The number of aliphatic hydroxyl groups is 1. The van der Waals surface area contributed by atoms with Gasteiger partial charge in [0.05, 0.1) is 30.1 Å². The third-order valence-electron chi connectivity index (χ3n) is 4.51. The lowest BCUT2D eigenvalue weighted by Gasteiger charge is -2.25. The fourth-order valence-electron chi connectivity index (χ4n) is 2.98. The van der Waals surface area contributed by atoms with Crippen molar-refractivity contribution in [1.29, 1.82) is 0 Å². The van der Waals surface area contributed by atoms with Crippen LogP contribution in [0.3, 0.4) is 0 Å². The number of rotatable bonds is 11. The molecule has 2 aromatic heterocycles. The van der Waals surface area contributed by atoms with Crippen LogP contribution >= 0.6 is 18.9 Å². The minimum absolute atomic E-state index is 0.187. The lowest BCUT2D eigenvalue weighted by Crippen LogP contribution is -2.34. The second kappa shape index (κ2) is 11.0. The van der Waals surface area contributed by atoms with Gasteiger partial charge in [-0.2, -0.15) is 11.4 Å². The number of benzene rings is 1. The van der Waals surface area contributed by atoms with Gasteiger partial charge in [-0.15, -0.1) is 0 Å². The van der Waals surface area contributed by atoms with Crippen molar-refractivity contribution in [2.75, 3.05) is 17.8 Å². The summed E-state index contributed by atoms with van der Waals surface area (Å²) in [6.07, 6.45) is 2.48. The summed E-state index contributed by atoms with van der Waals surface area (Å²) in [7, 11) is -3.50. The molecule has 3 aromatic rings. The topological polar surface area (TPSA) is 137 Å². The number of para-hydroxylation sites is 1. The van der Waals surface area contributed by atoms with Crippen LogP contribution in [0, 0.1) is 0 Å². The first-order valence-electron chi connectivity index (χ1n) is 10.2. The van der Waals surface area contributed by atoms with E-state index in [1.165, 1.54) is 6.33 Å². The number of aromatic nitrogens is 4. The van der Waals surface area contributed by atoms with Crippen molar-refractivity contribution in [2.24, 2.45) is 0 Å². The van der Waals surface area contributed by atoms with Gasteiger partial charge in [-0.05, 0) is 31.7 Å². The predicted octanol–water partition coefficient (Wildman–Crippen LogP) is 3.19. The molecule has 0 spiro atoms. The minimum atomic E-state index is -3.50. The molecular formula is C20H29N6O4PS. The van der Waals surface area contributed by atoms with E-state index < -0.39 is 13.6 Å². The Balaban J connectivity index is 1.71. The zero-order valence-electron chi connectivity index (χ0n) is 18.3. The Kier molecular flexibility index (Phi) is 8.38. The Morgan fingerprint density at radius 2 is 2.03 bits per heavy atom. The normalized spacial score (nSPS) is 16.2. The van der Waals surface area contributed by atoms with E-state index in [1.807, 2.05) is 19.9 Å². The molecule has 4 N–H and O–H groups in total. The third kappa shape index (κ3) is 6.36. The van der Waals surface area contributed by atoms with E-state index in [-0.39, 0.29) is 17.5 Å². The quantitative estimate of drug-likeness (QED) is 0.185. The largest absolute Gasteiger partial charge is 0.431 e. The summed E-state index contributed by atoms with van der Waals surface area (Å²) in [5, 5.41) is 13.3. The SMILES string of the molecule is CC[SH]=C(O)[C@H](C)NP(=O)(CO[C@H](C)Cn1cnc2c(N)ncnc21)Oc1ccccc1. The van der Waals surface area contributed by atoms with Gasteiger partial charge < -0.3 is 24.7 Å². The van der Waals surface area contributed by atoms with Crippen LogP contribution in [0.15, 0.2) is 43.0 Å². The van der Waals surface area contributed by atoms with Crippen LogP contribution in [0.1, 0.15) is 20.8 Å². The summed E-state index contributed by atoms with van der Waals surface area (Å²) >= 11 is 0.765. The fraction of sp³-hybridized carbons (Fsp3) is 0.400. The second-order valence-electron chi connectivity index (χ2n) is 7.20. The zero-order valence-corrected chi connectivity index (χ0v) is 20.0. The molecule has 174 valence electrons. The highest BCUT2D eigenvalue weighted by molar-refractivity contribution is 7.98. The fourth-order valence-corrected chi connectivity index (χ4v) is 5.55. The predicted molar refractivity (Wildman–Crippen MR) is 130 cm³/mol. The van der Waals surface area contributed by atoms with E-state index in [1.54, 1.807) is 42.1 Å². The van der Waals surface area contributed by atoms with E-state index in [4.69, 9.17) is 15.0 Å².